The van der Waals surface area contributed by atoms with Crippen molar-refractivity contribution in [2.24, 2.45) is 10.1 Å². The largest absolute Gasteiger partial charge is 0.478 e. The number of amidine groups is 1. The summed E-state index contributed by atoms with van der Waals surface area (Å²) in [6, 6.07) is 17.3. The first-order valence-corrected chi connectivity index (χ1v) is 7.76. The number of benzene rings is 1. The van der Waals surface area contributed by atoms with Crippen LogP contribution >= 0.6 is 0 Å². The Morgan fingerprint density at radius 1 is 0.962 bits per heavy atom. The van der Waals surface area contributed by atoms with E-state index in [1.54, 1.807) is 36.8 Å². The van der Waals surface area contributed by atoms with Crippen molar-refractivity contribution in [3.8, 4) is 0 Å². The Bertz CT molecular complexity index is 923. The van der Waals surface area contributed by atoms with Crippen LogP contribution < -0.4 is 5.43 Å². The second-order valence-electron chi connectivity index (χ2n) is 5.16. The molecule has 0 fully saturated rings. The zero-order chi connectivity index (χ0) is 18.2. The lowest BCUT2D eigenvalue weighted by Crippen LogP contribution is -2.20. The van der Waals surface area contributed by atoms with E-state index in [0.717, 1.165) is 5.56 Å². The van der Waals surface area contributed by atoms with Gasteiger partial charge in [0.2, 0.25) is 0 Å². The van der Waals surface area contributed by atoms with Gasteiger partial charge in [0.25, 0.3) is 0 Å². The number of carboxylic acid groups (broad SMARTS) is 1. The van der Waals surface area contributed by atoms with Gasteiger partial charge in [-0.1, -0.05) is 24.3 Å². The van der Waals surface area contributed by atoms with Gasteiger partial charge in [0, 0.05) is 12.4 Å². The fraction of sp³-hybridized carbons (Fsp3) is 0. The highest BCUT2D eigenvalue weighted by Gasteiger charge is 2.04. The van der Waals surface area contributed by atoms with E-state index in [-0.39, 0.29) is 5.56 Å². The van der Waals surface area contributed by atoms with Crippen LogP contribution in [0.1, 0.15) is 21.6 Å². The molecule has 0 bridgehead atoms. The summed E-state index contributed by atoms with van der Waals surface area (Å²) in [5, 5.41) is 13.1. The molecule has 7 nitrogen and oxygen atoms in total. The SMILES string of the molecule is O=C(O)c1ccc(C=NNC(=Nc2ccccn2)c2ccccn2)cc1. The first kappa shape index (κ1) is 17.0. The third-order valence-electron chi connectivity index (χ3n) is 3.32. The molecule has 0 radical (unpaired) electrons. The molecule has 2 heterocycles. The topological polar surface area (TPSA) is 99.8 Å². The van der Waals surface area contributed by atoms with Crippen molar-refractivity contribution < 1.29 is 9.90 Å². The fourth-order valence-electron chi connectivity index (χ4n) is 2.06. The average Bonchev–Trinajstić information content (AvgIpc) is 2.69. The van der Waals surface area contributed by atoms with E-state index >= 15 is 0 Å². The molecule has 26 heavy (non-hydrogen) atoms. The standard InChI is InChI=1S/C19H15N5O2/c25-19(26)15-9-7-14(8-10-15)13-22-24-18(16-5-1-3-11-20-16)23-17-6-2-4-12-21-17/h1-13H,(H,25,26)(H,21,23,24). The number of hydrogen-bond donors (Lipinski definition) is 2. The summed E-state index contributed by atoms with van der Waals surface area (Å²) in [6.07, 6.45) is 4.89. The Labute approximate surface area is 149 Å². The van der Waals surface area contributed by atoms with Crippen LogP contribution in [0.3, 0.4) is 0 Å². The predicted octanol–water partition coefficient (Wildman–Crippen LogP) is 2.88. The summed E-state index contributed by atoms with van der Waals surface area (Å²) >= 11 is 0. The van der Waals surface area contributed by atoms with Crippen molar-refractivity contribution in [3.05, 3.63) is 89.9 Å². The Kier molecular flexibility index (Phi) is 5.41. The van der Waals surface area contributed by atoms with Crippen molar-refractivity contribution in [2.75, 3.05) is 0 Å². The maximum atomic E-state index is 10.9. The highest BCUT2D eigenvalue weighted by atomic mass is 16.4. The van der Waals surface area contributed by atoms with Crippen LogP contribution in [0.25, 0.3) is 0 Å². The van der Waals surface area contributed by atoms with Crippen LogP contribution in [0.15, 0.2) is 83.2 Å². The second kappa shape index (κ2) is 8.29. The van der Waals surface area contributed by atoms with E-state index in [0.29, 0.717) is 17.3 Å². The normalized spacial score (nSPS) is 11.5. The van der Waals surface area contributed by atoms with Gasteiger partial charge in [-0.25, -0.2) is 14.8 Å². The molecule has 0 aliphatic rings. The number of carboxylic acids is 1. The minimum Gasteiger partial charge on any atom is -0.478 e. The lowest BCUT2D eigenvalue weighted by molar-refractivity contribution is 0.0697. The molecule has 7 heteroatoms. The minimum atomic E-state index is -0.966. The first-order chi connectivity index (χ1) is 12.7. The molecule has 128 valence electrons. The Hall–Kier alpha value is -3.87. The lowest BCUT2D eigenvalue weighted by Gasteiger charge is -2.05. The Morgan fingerprint density at radius 2 is 1.69 bits per heavy atom. The summed E-state index contributed by atoms with van der Waals surface area (Å²) in [7, 11) is 0. The molecular formula is C19H15N5O2. The van der Waals surface area contributed by atoms with E-state index in [4.69, 9.17) is 5.11 Å². The van der Waals surface area contributed by atoms with Gasteiger partial charge in [0.1, 0.15) is 5.69 Å². The number of aromatic nitrogens is 2. The zero-order valence-electron chi connectivity index (χ0n) is 13.6. The summed E-state index contributed by atoms with van der Waals surface area (Å²) in [5.41, 5.74) is 4.47. The van der Waals surface area contributed by atoms with Gasteiger partial charge in [-0.15, -0.1) is 0 Å². The van der Waals surface area contributed by atoms with Gasteiger partial charge in [-0.2, -0.15) is 5.10 Å². The molecule has 0 aliphatic heterocycles. The minimum absolute atomic E-state index is 0.223. The predicted molar refractivity (Wildman–Crippen MR) is 98.8 cm³/mol. The highest BCUT2D eigenvalue weighted by Crippen LogP contribution is 2.08. The number of nitrogens with one attached hydrogen (secondary N) is 1. The second-order valence-corrected chi connectivity index (χ2v) is 5.16. The summed E-state index contributed by atoms with van der Waals surface area (Å²) in [6.45, 7) is 0. The van der Waals surface area contributed by atoms with Gasteiger partial charge in [0.15, 0.2) is 11.7 Å². The number of nitrogens with zero attached hydrogens (tertiary/aromatic N) is 4. The first-order valence-electron chi connectivity index (χ1n) is 7.76. The van der Waals surface area contributed by atoms with Crippen molar-refractivity contribution >= 4 is 23.8 Å². The monoisotopic (exact) mass is 345 g/mol. The molecule has 1 aromatic carbocycles. The molecule has 0 amide bonds. The molecule has 0 saturated heterocycles. The molecule has 2 aromatic heterocycles. The smallest absolute Gasteiger partial charge is 0.335 e. The molecule has 2 N–H and O–H groups in total. The van der Waals surface area contributed by atoms with E-state index in [1.165, 1.54) is 12.1 Å². The van der Waals surface area contributed by atoms with Crippen molar-refractivity contribution in [3.63, 3.8) is 0 Å². The van der Waals surface area contributed by atoms with Crippen LogP contribution in [-0.2, 0) is 0 Å². The molecule has 0 spiro atoms. The number of rotatable bonds is 5. The number of aromatic carboxylic acids is 1. The third-order valence-corrected chi connectivity index (χ3v) is 3.32. The molecule has 0 saturated carbocycles. The number of aliphatic imine (C=N–C) groups is 1. The maximum absolute atomic E-state index is 10.9. The lowest BCUT2D eigenvalue weighted by atomic mass is 10.1. The molecular weight excluding hydrogens is 330 g/mol. The zero-order valence-corrected chi connectivity index (χ0v) is 13.6. The van der Waals surface area contributed by atoms with Crippen LogP contribution in [0.4, 0.5) is 5.82 Å². The van der Waals surface area contributed by atoms with Gasteiger partial charge in [-0.05, 0) is 42.0 Å². The summed E-state index contributed by atoms with van der Waals surface area (Å²) in [5.74, 6) is 0.0101. The summed E-state index contributed by atoms with van der Waals surface area (Å²) in [4.78, 5) is 23.8. The Balaban J connectivity index is 1.80. The molecule has 3 rings (SSSR count). The number of hydrazone groups is 1. The number of pyridine rings is 2. The highest BCUT2D eigenvalue weighted by molar-refractivity contribution is 5.99. The summed E-state index contributed by atoms with van der Waals surface area (Å²) < 4.78 is 0. The number of hydrogen-bond acceptors (Lipinski definition) is 5. The van der Waals surface area contributed by atoms with Crippen LogP contribution in [-0.4, -0.2) is 33.1 Å². The van der Waals surface area contributed by atoms with Crippen LogP contribution in [0.5, 0.6) is 0 Å². The quantitative estimate of drug-likeness (QED) is 0.421. The van der Waals surface area contributed by atoms with Gasteiger partial charge in [0.05, 0.1) is 11.8 Å². The maximum Gasteiger partial charge on any atom is 0.335 e. The van der Waals surface area contributed by atoms with E-state index in [1.807, 2.05) is 30.3 Å². The fourth-order valence-corrected chi connectivity index (χ4v) is 2.06. The van der Waals surface area contributed by atoms with Crippen molar-refractivity contribution in [1.29, 1.82) is 0 Å². The van der Waals surface area contributed by atoms with E-state index in [2.05, 4.69) is 25.5 Å². The van der Waals surface area contributed by atoms with E-state index in [9.17, 15) is 4.79 Å². The third kappa shape index (κ3) is 4.57. The Morgan fingerprint density at radius 3 is 2.31 bits per heavy atom. The van der Waals surface area contributed by atoms with Gasteiger partial charge >= 0.3 is 5.97 Å². The van der Waals surface area contributed by atoms with Crippen LogP contribution in [0.2, 0.25) is 0 Å². The number of carbonyl (C=O) groups is 1. The van der Waals surface area contributed by atoms with Gasteiger partial charge < -0.3 is 5.11 Å². The molecule has 3 aromatic rings. The molecule has 0 unspecified atom stereocenters. The molecule has 0 atom stereocenters. The van der Waals surface area contributed by atoms with Crippen molar-refractivity contribution in [1.82, 2.24) is 15.4 Å². The molecule has 0 aliphatic carbocycles. The van der Waals surface area contributed by atoms with E-state index < -0.39 is 5.97 Å². The average molecular weight is 345 g/mol. The van der Waals surface area contributed by atoms with Gasteiger partial charge in [-0.3, -0.25) is 10.4 Å². The van der Waals surface area contributed by atoms with Crippen molar-refractivity contribution in [2.45, 2.75) is 0 Å². The van der Waals surface area contributed by atoms with Crippen LogP contribution in [0, 0.1) is 0 Å².